The van der Waals surface area contributed by atoms with E-state index in [9.17, 15) is 18.2 Å². The fourth-order valence-electron chi connectivity index (χ4n) is 3.68. The summed E-state index contributed by atoms with van der Waals surface area (Å²) in [4.78, 5) is 28.4. The predicted octanol–water partition coefficient (Wildman–Crippen LogP) is 3.92. The van der Waals surface area contributed by atoms with Gasteiger partial charge in [-0.15, -0.1) is 0 Å². The number of anilines is 1. The van der Waals surface area contributed by atoms with Crippen LogP contribution in [0.4, 0.5) is 10.1 Å². The van der Waals surface area contributed by atoms with Crippen LogP contribution in [0.1, 0.15) is 32.7 Å². The number of carbonyl (C=O) groups excluding carboxylic acids is 2. The van der Waals surface area contributed by atoms with E-state index in [1.165, 1.54) is 11.0 Å². The first-order valence-electron chi connectivity index (χ1n) is 10.5. The second-order valence-electron chi connectivity index (χ2n) is 7.53. The van der Waals surface area contributed by atoms with Crippen LogP contribution >= 0.6 is 0 Å². The number of nitrogens with one attached hydrogen (secondary N) is 1. The van der Waals surface area contributed by atoms with E-state index >= 15 is 0 Å². The topological polar surface area (TPSA) is 75.7 Å². The molecule has 3 aromatic rings. The molecule has 1 atom stereocenters. The summed E-state index contributed by atoms with van der Waals surface area (Å²) in [6, 6.07) is 17.6. The van der Waals surface area contributed by atoms with Gasteiger partial charge in [-0.2, -0.15) is 0 Å². The molecule has 0 spiro atoms. The molecular formula is C25H23FN2O4S. The first-order chi connectivity index (χ1) is 16.0. The number of nitrogens with zero attached hydrogens (tertiary/aromatic N) is 1. The fraction of sp³-hybridized carbons (Fsp3) is 0.200. The van der Waals surface area contributed by atoms with E-state index in [0.717, 1.165) is 0 Å². The Bertz CT molecular complexity index is 1230. The van der Waals surface area contributed by atoms with Crippen molar-refractivity contribution in [3.8, 4) is 0 Å². The third-order valence-electron chi connectivity index (χ3n) is 5.37. The largest absolute Gasteiger partial charge is 0.385 e. The van der Waals surface area contributed by atoms with E-state index in [4.69, 9.17) is 4.74 Å². The zero-order chi connectivity index (χ0) is 23.4. The molecule has 1 aliphatic rings. The summed E-state index contributed by atoms with van der Waals surface area (Å²) in [5.74, 6) is -1.17. The Morgan fingerprint density at radius 2 is 1.82 bits per heavy atom. The van der Waals surface area contributed by atoms with Crippen molar-refractivity contribution in [2.24, 2.45) is 0 Å². The standard InChI is InChI=1S/C25H23FN2O4S/c1-32-14-6-13-27-24(29)17-11-12-23-21(15-17)28(16-18-7-2-4-9-20(18)26)25(30)19-8-3-5-10-22(19)33(23)31/h2-5,7-12,15H,6,13-14,16H2,1H3,(H,27,29)/t33-/m1/s1. The highest BCUT2D eigenvalue weighted by Gasteiger charge is 2.32. The highest BCUT2D eigenvalue weighted by Crippen LogP contribution is 2.36. The molecule has 0 bridgehead atoms. The van der Waals surface area contributed by atoms with Crippen LogP contribution in [0, 0.1) is 5.82 Å². The maximum Gasteiger partial charge on any atom is 0.259 e. The van der Waals surface area contributed by atoms with Gasteiger partial charge in [0.15, 0.2) is 0 Å². The average molecular weight is 467 g/mol. The van der Waals surface area contributed by atoms with E-state index in [-0.39, 0.29) is 18.0 Å². The van der Waals surface area contributed by atoms with Crippen molar-refractivity contribution in [3.63, 3.8) is 0 Å². The second kappa shape index (κ2) is 10.1. The van der Waals surface area contributed by atoms with Crippen molar-refractivity contribution < 1.29 is 22.9 Å². The van der Waals surface area contributed by atoms with Gasteiger partial charge in [0, 0.05) is 31.4 Å². The van der Waals surface area contributed by atoms with Crippen LogP contribution in [0.2, 0.25) is 0 Å². The van der Waals surface area contributed by atoms with Gasteiger partial charge in [0.2, 0.25) is 0 Å². The molecule has 1 heterocycles. The molecular weight excluding hydrogens is 443 g/mol. The lowest BCUT2D eigenvalue weighted by molar-refractivity contribution is 0.0945. The summed E-state index contributed by atoms with van der Waals surface area (Å²) in [7, 11) is -0.0553. The zero-order valence-electron chi connectivity index (χ0n) is 18.0. The molecule has 6 nitrogen and oxygen atoms in total. The SMILES string of the molecule is COCCCNC(=O)c1ccc2c(c1)N(Cc1ccccc1F)C(=O)c1ccccc1[S@]2=O. The molecule has 0 saturated heterocycles. The Kier molecular flexibility index (Phi) is 6.96. The first-order valence-corrected chi connectivity index (χ1v) is 11.6. The molecule has 4 rings (SSSR count). The maximum atomic E-state index is 14.5. The lowest BCUT2D eigenvalue weighted by Gasteiger charge is -2.24. The molecule has 1 N–H and O–H groups in total. The van der Waals surface area contributed by atoms with E-state index in [0.29, 0.717) is 46.2 Å². The lowest BCUT2D eigenvalue weighted by Crippen LogP contribution is -2.31. The summed E-state index contributed by atoms with van der Waals surface area (Å²) in [6.07, 6.45) is 0.657. The Morgan fingerprint density at radius 3 is 2.61 bits per heavy atom. The molecule has 2 amide bonds. The van der Waals surface area contributed by atoms with Crippen molar-refractivity contribution >= 4 is 28.3 Å². The van der Waals surface area contributed by atoms with Crippen LogP contribution in [0.5, 0.6) is 0 Å². The molecule has 0 aromatic heterocycles. The predicted molar refractivity (Wildman–Crippen MR) is 123 cm³/mol. The van der Waals surface area contributed by atoms with Crippen LogP contribution in [-0.2, 0) is 22.1 Å². The first kappa shape index (κ1) is 22.8. The number of hydrogen-bond donors (Lipinski definition) is 1. The lowest BCUT2D eigenvalue weighted by atomic mass is 10.1. The van der Waals surface area contributed by atoms with Crippen molar-refractivity contribution in [3.05, 3.63) is 89.2 Å². The maximum absolute atomic E-state index is 14.5. The fourth-order valence-corrected chi connectivity index (χ4v) is 5.02. The summed E-state index contributed by atoms with van der Waals surface area (Å²) < 4.78 is 32.9. The van der Waals surface area contributed by atoms with Gasteiger partial charge in [-0.05, 0) is 42.8 Å². The molecule has 0 saturated carbocycles. The van der Waals surface area contributed by atoms with Crippen LogP contribution in [-0.4, -0.2) is 36.3 Å². The van der Waals surface area contributed by atoms with Gasteiger partial charge in [0.05, 0.1) is 38.4 Å². The van der Waals surface area contributed by atoms with E-state index in [1.54, 1.807) is 67.8 Å². The number of benzene rings is 3. The zero-order valence-corrected chi connectivity index (χ0v) is 18.9. The van der Waals surface area contributed by atoms with Crippen molar-refractivity contribution in [1.29, 1.82) is 0 Å². The van der Waals surface area contributed by atoms with Gasteiger partial charge in [0.1, 0.15) is 5.82 Å². The van der Waals surface area contributed by atoms with Gasteiger partial charge in [0.25, 0.3) is 11.8 Å². The Labute approximate surface area is 193 Å². The van der Waals surface area contributed by atoms with Crippen LogP contribution < -0.4 is 10.2 Å². The van der Waals surface area contributed by atoms with Crippen LogP contribution in [0.15, 0.2) is 76.5 Å². The Balaban J connectivity index is 1.77. The molecule has 0 aliphatic carbocycles. The van der Waals surface area contributed by atoms with Crippen LogP contribution in [0.25, 0.3) is 0 Å². The smallest absolute Gasteiger partial charge is 0.259 e. The highest BCUT2D eigenvalue weighted by atomic mass is 32.2. The summed E-state index contributed by atoms with van der Waals surface area (Å²) in [5.41, 5.74) is 1.24. The van der Waals surface area contributed by atoms with Crippen molar-refractivity contribution in [1.82, 2.24) is 5.32 Å². The minimum absolute atomic E-state index is 0.0665. The summed E-state index contributed by atoms with van der Waals surface area (Å²) in [6.45, 7) is 0.884. The van der Waals surface area contributed by atoms with E-state index in [1.807, 2.05) is 0 Å². The summed E-state index contributed by atoms with van der Waals surface area (Å²) >= 11 is 0. The number of fused-ring (bicyclic) bond motifs is 2. The minimum Gasteiger partial charge on any atom is -0.385 e. The number of ether oxygens (including phenoxy) is 1. The second-order valence-corrected chi connectivity index (χ2v) is 8.95. The van der Waals surface area contributed by atoms with Gasteiger partial charge in [-0.25, -0.2) is 8.60 Å². The van der Waals surface area contributed by atoms with Crippen molar-refractivity contribution in [2.75, 3.05) is 25.2 Å². The van der Waals surface area contributed by atoms with Gasteiger partial charge in [-0.1, -0.05) is 30.3 Å². The number of methoxy groups -OCH3 is 1. The molecule has 8 heteroatoms. The van der Waals surface area contributed by atoms with E-state index in [2.05, 4.69) is 5.32 Å². The van der Waals surface area contributed by atoms with Gasteiger partial charge < -0.3 is 15.0 Å². The highest BCUT2D eigenvalue weighted by molar-refractivity contribution is 7.85. The molecule has 3 aromatic carbocycles. The average Bonchev–Trinajstić information content (AvgIpc) is 2.92. The molecule has 1 aliphatic heterocycles. The number of carbonyl (C=O) groups is 2. The number of amides is 2. The Hall–Kier alpha value is -3.36. The number of rotatable bonds is 7. The monoisotopic (exact) mass is 466 g/mol. The van der Waals surface area contributed by atoms with Gasteiger partial charge >= 0.3 is 0 Å². The molecule has 0 unspecified atom stereocenters. The summed E-state index contributed by atoms with van der Waals surface area (Å²) in [5, 5.41) is 2.81. The molecule has 0 radical (unpaired) electrons. The molecule has 33 heavy (non-hydrogen) atoms. The van der Waals surface area contributed by atoms with Gasteiger partial charge in [-0.3, -0.25) is 9.59 Å². The Morgan fingerprint density at radius 1 is 1.06 bits per heavy atom. The third-order valence-corrected chi connectivity index (χ3v) is 6.87. The minimum atomic E-state index is -1.65. The third kappa shape index (κ3) is 4.72. The molecule has 170 valence electrons. The molecule has 0 fully saturated rings. The number of halogens is 1. The van der Waals surface area contributed by atoms with E-state index < -0.39 is 22.5 Å². The normalized spacial score (nSPS) is 14.9. The van der Waals surface area contributed by atoms with Crippen molar-refractivity contribution in [2.45, 2.75) is 22.8 Å². The quantitative estimate of drug-likeness (QED) is 0.536. The van der Waals surface area contributed by atoms with Crippen LogP contribution in [0.3, 0.4) is 0 Å². The number of hydrogen-bond acceptors (Lipinski definition) is 4.